The molecule has 1 unspecified atom stereocenters. The van der Waals surface area contributed by atoms with Crippen LogP contribution in [0.5, 0.6) is 0 Å². The smallest absolute Gasteiger partial charge is 0.271 e. The highest BCUT2D eigenvalue weighted by Crippen LogP contribution is 2.32. The quantitative estimate of drug-likeness (QED) is 0.684. The molecule has 104 valence electrons. The number of piperidine rings is 1. The molecule has 1 aromatic rings. The van der Waals surface area contributed by atoms with Crippen molar-refractivity contribution < 1.29 is 4.92 Å². The fourth-order valence-electron chi connectivity index (χ4n) is 2.53. The third kappa shape index (κ3) is 3.16. The van der Waals surface area contributed by atoms with E-state index in [1.54, 1.807) is 6.07 Å². The standard InChI is InChI=1S/C13H18ClN3O2/c1-9(15)10-4-6-16(7-5-10)13-3-2-11(17(18)19)8-12(13)14/h2-3,8-10H,4-7,15H2,1H3. The summed E-state index contributed by atoms with van der Waals surface area (Å²) in [5.41, 5.74) is 6.81. The van der Waals surface area contributed by atoms with Crippen molar-refractivity contribution in [1.29, 1.82) is 0 Å². The SMILES string of the molecule is CC(N)C1CCN(c2ccc([N+](=O)[O-])cc2Cl)CC1. The number of nitrogens with zero attached hydrogens (tertiary/aromatic N) is 2. The Kier molecular flexibility index (Phi) is 4.27. The van der Waals surface area contributed by atoms with Gasteiger partial charge in [-0.3, -0.25) is 10.1 Å². The Morgan fingerprint density at radius 3 is 2.58 bits per heavy atom. The first-order valence-electron chi connectivity index (χ1n) is 6.43. The van der Waals surface area contributed by atoms with Crippen LogP contribution in [0.1, 0.15) is 19.8 Å². The van der Waals surface area contributed by atoms with Crippen molar-refractivity contribution >= 4 is 23.0 Å². The van der Waals surface area contributed by atoms with Crippen molar-refractivity contribution in [2.75, 3.05) is 18.0 Å². The van der Waals surface area contributed by atoms with Crippen LogP contribution in [0.3, 0.4) is 0 Å². The average molecular weight is 284 g/mol. The van der Waals surface area contributed by atoms with Crippen molar-refractivity contribution in [3.63, 3.8) is 0 Å². The van der Waals surface area contributed by atoms with E-state index in [4.69, 9.17) is 17.3 Å². The molecule has 1 aliphatic rings. The van der Waals surface area contributed by atoms with E-state index >= 15 is 0 Å². The predicted molar refractivity (Wildman–Crippen MR) is 76.7 cm³/mol. The van der Waals surface area contributed by atoms with Crippen molar-refractivity contribution in [2.45, 2.75) is 25.8 Å². The summed E-state index contributed by atoms with van der Waals surface area (Å²) in [5.74, 6) is 0.549. The maximum Gasteiger partial charge on any atom is 0.271 e. The van der Waals surface area contributed by atoms with Crippen LogP contribution in [-0.2, 0) is 0 Å². The van der Waals surface area contributed by atoms with Gasteiger partial charge in [-0.05, 0) is 31.7 Å². The van der Waals surface area contributed by atoms with E-state index in [1.165, 1.54) is 12.1 Å². The summed E-state index contributed by atoms with van der Waals surface area (Å²) in [7, 11) is 0. The van der Waals surface area contributed by atoms with Crippen LogP contribution in [0.15, 0.2) is 18.2 Å². The Bertz CT molecular complexity index is 471. The fourth-order valence-corrected chi connectivity index (χ4v) is 2.83. The number of nitrogens with two attached hydrogens (primary N) is 1. The molecule has 1 atom stereocenters. The molecular weight excluding hydrogens is 266 g/mol. The summed E-state index contributed by atoms with van der Waals surface area (Å²) in [5, 5.41) is 11.1. The van der Waals surface area contributed by atoms with Crippen LogP contribution < -0.4 is 10.6 Å². The first-order valence-corrected chi connectivity index (χ1v) is 6.81. The van der Waals surface area contributed by atoms with Gasteiger partial charge in [0, 0.05) is 31.3 Å². The molecule has 2 N–H and O–H groups in total. The Morgan fingerprint density at radius 1 is 1.47 bits per heavy atom. The minimum Gasteiger partial charge on any atom is -0.370 e. The van der Waals surface area contributed by atoms with Gasteiger partial charge in [-0.15, -0.1) is 0 Å². The Morgan fingerprint density at radius 2 is 2.11 bits per heavy atom. The molecule has 0 spiro atoms. The van der Waals surface area contributed by atoms with Gasteiger partial charge in [0.25, 0.3) is 5.69 Å². The summed E-state index contributed by atoms with van der Waals surface area (Å²) in [4.78, 5) is 12.4. The van der Waals surface area contributed by atoms with Gasteiger partial charge in [0.05, 0.1) is 15.6 Å². The molecular formula is C13H18ClN3O2. The molecule has 0 bridgehead atoms. The van der Waals surface area contributed by atoms with Gasteiger partial charge in [0.15, 0.2) is 0 Å². The van der Waals surface area contributed by atoms with Crippen molar-refractivity contribution in [1.82, 2.24) is 0 Å². The largest absolute Gasteiger partial charge is 0.370 e. The maximum absolute atomic E-state index is 10.7. The topological polar surface area (TPSA) is 72.4 Å². The normalized spacial score (nSPS) is 18.4. The Hall–Kier alpha value is -1.33. The molecule has 1 aliphatic heterocycles. The van der Waals surface area contributed by atoms with Gasteiger partial charge in [-0.1, -0.05) is 11.6 Å². The third-order valence-corrected chi connectivity index (χ3v) is 4.07. The van der Waals surface area contributed by atoms with E-state index in [0.29, 0.717) is 10.9 Å². The second kappa shape index (κ2) is 5.75. The summed E-state index contributed by atoms with van der Waals surface area (Å²) in [6.45, 7) is 3.83. The third-order valence-electron chi connectivity index (χ3n) is 3.77. The number of hydrogen-bond donors (Lipinski definition) is 1. The van der Waals surface area contributed by atoms with E-state index in [1.807, 2.05) is 6.92 Å². The van der Waals surface area contributed by atoms with Crippen LogP contribution in [0, 0.1) is 16.0 Å². The number of nitro benzene ring substituents is 1. The monoisotopic (exact) mass is 283 g/mol. The molecule has 19 heavy (non-hydrogen) atoms. The van der Waals surface area contributed by atoms with Gasteiger partial charge in [-0.25, -0.2) is 0 Å². The number of benzene rings is 1. The number of non-ortho nitro benzene ring substituents is 1. The van der Waals surface area contributed by atoms with Crippen LogP contribution in [0.2, 0.25) is 5.02 Å². The average Bonchev–Trinajstić information content (AvgIpc) is 2.38. The zero-order valence-electron chi connectivity index (χ0n) is 10.9. The van der Waals surface area contributed by atoms with Crippen molar-refractivity contribution in [2.24, 2.45) is 11.7 Å². The molecule has 1 fully saturated rings. The molecule has 6 heteroatoms. The number of hydrogen-bond acceptors (Lipinski definition) is 4. The lowest BCUT2D eigenvalue weighted by Gasteiger charge is -2.35. The number of nitro groups is 1. The minimum absolute atomic E-state index is 0.0271. The van der Waals surface area contributed by atoms with Gasteiger partial charge in [-0.2, -0.15) is 0 Å². The molecule has 5 nitrogen and oxygen atoms in total. The van der Waals surface area contributed by atoms with Crippen LogP contribution in [-0.4, -0.2) is 24.1 Å². The molecule has 2 rings (SSSR count). The fraction of sp³-hybridized carbons (Fsp3) is 0.538. The second-order valence-corrected chi connectivity index (χ2v) is 5.48. The summed E-state index contributed by atoms with van der Waals surface area (Å²) < 4.78 is 0. The van der Waals surface area contributed by atoms with Gasteiger partial charge in [0.1, 0.15) is 0 Å². The second-order valence-electron chi connectivity index (χ2n) is 5.08. The summed E-state index contributed by atoms with van der Waals surface area (Å²) in [6.07, 6.45) is 2.07. The molecule has 0 saturated carbocycles. The first-order chi connectivity index (χ1) is 8.99. The maximum atomic E-state index is 10.7. The zero-order chi connectivity index (χ0) is 14.0. The van der Waals surface area contributed by atoms with Gasteiger partial charge in [0.2, 0.25) is 0 Å². The highest BCUT2D eigenvalue weighted by atomic mass is 35.5. The number of halogens is 1. The number of anilines is 1. The lowest BCUT2D eigenvalue weighted by atomic mass is 9.91. The molecule has 1 heterocycles. The predicted octanol–water partition coefficient (Wildman–Crippen LogP) is 2.81. The Balaban J connectivity index is 2.09. The molecule has 0 aromatic heterocycles. The van der Waals surface area contributed by atoms with Gasteiger partial charge >= 0.3 is 0 Å². The Labute approximate surface area is 117 Å². The van der Waals surface area contributed by atoms with Crippen LogP contribution >= 0.6 is 11.6 Å². The van der Waals surface area contributed by atoms with E-state index in [2.05, 4.69) is 4.90 Å². The molecule has 0 aliphatic carbocycles. The molecule has 0 amide bonds. The summed E-state index contributed by atoms with van der Waals surface area (Å²) in [6, 6.07) is 4.86. The van der Waals surface area contributed by atoms with E-state index < -0.39 is 4.92 Å². The van der Waals surface area contributed by atoms with Crippen molar-refractivity contribution in [3.8, 4) is 0 Å². The highest BCUT2D eigenvalue weighted by Gasteiger charge is 2.23. The van der Waals surface area contributed by atoms with E-state index in [-0.39, 0.29) is 11.7 Å². The van der Waals surface area contributed by atoms with Gasteiger partial charge < -0.3 is 10.6 Å². The number of rotatable bonds is 3. The minimum atomic E-state index is -0.433. The van der Waals surface area contributed by atoms with E-state index in [9.17, 15) is 10.1 Å². The lowest BCUT2D eigenvalue weighted by Crippen LogP contribution is -2.39. The van der Waals surface area contributed by atoms with Crippen molar-refractivity contribution in [3.05, 3.63) is 33.3 Å². The molecule has 0 radical (unpaired) electrons. The lowest BCUT2D eigenvalue weighted by molar-refractivity contribution is -0.384. The first kappa shape index (κ1) is 14.1. The van der Waals surface area contributed by atoms with Crippen LogP contribution in [0.25, 0.3) is 0 Å². The molecule has 1 aromatic carbocycles. The van der Waals surface area contributed by atoms with E-state index in [0.717, 1.165) is 31.6 Å². The molecule has 1 saturated heterocycles. The van der Waals surface area contributed by atoms with Crippen LogP contribution in [0.4, 0.5) is 11.4 Å². The highest BCUT2D eigenvalue weighted by molar-refractivity contribution is 6.33. The zero-order valence-corrected chi connectivity index (χ0v) is 11.6. The summed E-state index contributed by atoms with van der Waals surface area (Å²) >= 11 is 6.13.